The zero-order chi connectivity index (χ0) is 9.35. The van der Waals surface area contributed by atoms with Crippen LogP contribution in [0, 0.1) is 0 Å². The van der Waals surface area contributed by atoms with Crippen LogP contribution in [-0.2, 0) is 10.8 Å². The Morgan fingerprint density at radius 3 is 2.00 bits per heavy atom. The fourth-order valence-corrected chi connectivity index (χ4v) is 3.94. The van der Waals surface area contributed by atoms with Gasteiger partial charge in [0.1, 0.15) is 0 Å². The average molecular weight is 210 g/mol. The summed E-state index contributed by atoms with van der Waals surface area (Å²) in [7, 11) is -0.998. The molecule has 0 bridgehead atoms. The van der Waals surface area contributed by atoms with Crippen molar-refractivity contribution in [2.24, 2.45) is 0 Å². The van der Waals surface area contributed by atoms with E-state index in [9.17, 15) is 14.4 Å². The lowest BCUT2D eigenvalue weighted by Gasteiger charge is -2.23. The molecule has 0 spiro atoms. The van der Waals surface area contributed by atoms with Crippen molar-refractivity contribution in [1.82, 2.24) is 0 Å². The summed E-state index contributed by atoms with van der Waals surface area (Å²) in [5, 5.41) is 18.6. The molecule has 1 unspecified atom stereocenters. The summed E-state index contributed by atoms with van der Waals surface area (Å²) in [5.74, 6) is 0. The van der Waals surface area contributed by atoms with Crippen LogP contribution >= 0.6 is 11.8 Å². The van der Waals surface area contributed by atoms with Gasteiger partial charge in [-0.25, -0.2) is 0 Å². The largest absolute Gasteiger partial charge is 0.390 e. The highest BCUT2D eigenvalue weighted by Crippen LogP contribution is 2.42. The lowest BCUT2D eigenvalue weighted by molar-refractivity contribution is 0.0438. The molecule has 3 atom stereocenters. The Morgan fingerprint density at radius 1 is 1.42 bits per heavy atom. The third kappa shape index (κ3) is 1.69. The van der Waals surface area contributed by atoms with E-state index in [0.717, 1.165) is 0 Å². The molecule has 1 rings (SSSR count). The van der Waals surface area contributed by atoms with Crippen LogP contribution in [0.25, 0.3) is 0 Å². The van der Waals surface area contributed by atoms with Gasteiger partial charge in [0.05, 0.1) is 16.3 Å². The minimum Gasteiger partial charge on any atom is -0.390 e. The van der Waals surface area contributed by atoms with Gasteiger partial charge in [0.15, 0.2) is 0 Å². The Morgan fingerprint density at radius 2 is 1.83 bits per heavy atom. The molecule has 0 radical (unpaired) electrons. The first-order valence-corrected chi connectivity index (χ1v) is 6.55. The molecule has 3 nitrogen and oxygen atoms in total. The zero-order valence-electron chi connectivity index (χ0n) is 7.19. The lowest BCUT2D eigenvalue weighted by Crippen LogP contribution is -2.26. The van der Waals surface area contributed by atoms with E-state index in [0.29, 0.717) is 12.8 Å². The Kier molecular flexibility index (Phi) is 3.20. The Hall–Kier alpha value is 0.420. The van der Waals surface area contributed by atoms with Crippen molar-refractivity contribution in [2.45, 2.75) is 29.1 Å². The summed E-state index contributed by atoms with van der Waals surface area (Å²) in [6.07, 6.45) is 2.94. The SMILES string of the molecule is CSC1(S(C)=O)C[C@@H](O)[C@H](O)C1. The molecule has 0 aromatic rings. The maximum Gasteiger partial charge on any atom is 0.0954 e. The maximum atomic E-state index is 11.4. The second-order valence-corrected chi connectivity index (χ2v) is 6.25. The maximum absolute atomic E-state index is 11.4. The molecule has 0 aromatic carbocycles. The fraction of sp³-hybridized carbons (Fsp3) is 1.00. The molecule has 0 aliphatic heterocycles. The van der Waals surface area contributed by atoms with Gasteiger partial charge in [-0.3, -0.25) is 4.21 Å². The minimum atomic E-state index is -0.998. The van der Waals surface area contributed by atoms with Crippen LogP contribution in [0.5, 0.6) is 0 Å². The molecule has 12 heavy (non-hydrogen) atoms. The van der Waals surface area contributed by atoms with E-state index in [4.69, 9.17) is 0 Å². The van der Waals surface area contributed by atoms with Gasteiger partial charge in [0.2, 0.25) is 0 Å². The minimum absolute atomic E-state index is 0.429. The zero-order valence-corrected chi connectivity index (χ0v) is 8.82. The number of aliphatic hydroxyl groups excluding tert-OH is 2. The molecular weight excluding hydrogens is 196 g/mol. The Balaban J connectivity index is 2.78. The molecule has 0 heterocycles. The van der Waals surface area contributed by atoms with Gasteiger partial charge in [-0.15, -0.1) is 11.8 Å². The van der Waals surface area contributed by atoms with E-state index in [2.05, 4.69) is 0 Å². The highest BCUT2D eigenvalue weighted by Gasteiger charge is 2.46. The number of rotatable bonds is 2. The van der Waals surface area contributed by atoms with Gasteiger partial charge in [0.25, 0.3) is 0 Å². The summed E-state index contributed by atoms with van der Waals surface area (Å²) in [5.41, 5.74) is 0. The van der Waals surface area contributed by atoms with Crippen LogP contribution in [0.2, 0.25) is 0 Å². The van der Waals surface area contributed by atoms with Crippen molar-refractivity contribution in [3.8, 4) is 0 Å². The molecule has 0 saturated heterocycles. The number of aliphatic hydroxyl groups is 2. The standard InChI is InChI=1S/C7H14O3S2/c1-11-7(12(2)10)3-5(8)6(9)4-7/h5-6,8-9H,3-4H2,1-2H3/t5-,6-,12?/m1/s1. The quantitative estimate of drug-likeness (QED) is 0.670. The molecule has 1 saturated carbocycles. The Bertz CT molecular complexity index is 185. The number of hydrogen-bond acceptors (Lipinski definition) is 4. The first-order valence-electron chi connectivity index (χ1n) is 3.76. The molecule has 5 heteroatoms. The van der Waals surface area contributed by atoms with E-state index in [1.165, 1.54) is 11.8 Å². The molecule has 72 valence electrons. The van der Waals surface area contributed by atoms with Crippen LogP contribution in [0.1, 0.15) is 12.8 Å². The van der Waals surface area contributed by atoms with E-state index < -0.39 is 27.1 Å². The Labute approximate surface area is 79.0 Å². The van der Waals surface area contributed by atoms with Crippen LogP contribution in [-0.4, -0.2) is 43.2 Å². The second kappa shape index (κ2) is 3.65. The summed E-state index contributed by atoms with van der Waals surface area (Å²) < 4.78 is 10.9. The monoisotopic (exact) mass is 210 g/mol. The number of thioether (sulfide) groups is 1. The summed E-state index contributed by atoms with van der Waals surface area (Å²) in [6.45, 7) is 0. The van der Waals surface area contributed by atoms with Gasteiger partial charge >= 0.3 is 0 Å². The second-order valence-electron chi connectivity index (χ2n) is 3.11. The van der Waals surface area contributed by atoms with Crippen LogP contribution in [0.15, 0.2) is 0 Å². The van der Waals surface area contributed by atoms with Crippen LogP contribution < -0.4 is 0 Å². The van der Waals surface area contributed by atoms with Crippen molar-refractivity contribution in [2.75, 3.05) is 12.5 Å². The van der Waals surface area contributed by atoms with Crippen molar-refractivity contribution < 1.29 is 14.4 Å². The van der Waals surface area contributed by atoms with Gasteiger partial charge in [-0.1, -0.05) is 0 Å². The summed E-state index contributed by atoms with van der Waals surface area (Å²) in [6, 6.07) is 0. The highest BCUT2D eigenvalue weighted by molar-refractivity contribution is 8.11. The first kappa shape index (κ1) is 10.5. The fourth-order valence-electron chi connectivity index (χ4n) is 1.51. The third-order valence-electron chi connectivity index (χ3n) is 2.38. The molecule has 0 amide bonds. The summed E-state index contributed by atoms with van der Waals surface area (Å²) in [4.78, 5) is 0. The van der Waals surface area contributed by atoms with E-state index in [1.54, 1.807) is 6.26 Å². The highest BCUT2D eigenvalue weighted by atomic mass is 32.2. The topological polar surface area (TPSA) is 57.5 Å². The molecule has 2 N–H and O–H groups in total. The predicted molar refractivity (Wildman–Crippen MR) is 51.6 cm³/mol. The number of hydrogen-bond donors (Lipinski definition) is 2. The average Bonchev–Trinajstić information content (AvgIpc) is 2.29. The van der Waals surface area contributed by atoms with Crippen molar-refractivity contribution in [1.29, 1.82) is 0 Å². The van der Waals surface area contributed by atoms with Gasteiger partial charge in [-0.2, -0.15) is 0 Å². The molecule has 1 aliphatic carbocycles. The molecular formula is C7H14O3S2. The molecule has 0 aromatic heterocycles. The van der Waals surface area contributed by atoms with E-state index >= 15 is 0 Å². The first-order chi connectivity index (χ1) is 5.52. The smallest absolute Gasteiger partial charge is 0.0954 e. The van der Waals surface area contributed by atoms with Crippen molar-refractivity contribution in [3.05, 3.63) is 0 Å². The summed E-state index contributed by atoms with van der Waals surface area (Å²) >= 11 is 1.48. The van der Waals surface area contributed by atoms with Crippen LogP contribution in [0.4, 0.5) is 0 Å². The predicted octanol–water partition coefficient (Wildman–Crippen LogP) is -0.0602. The van der Waals surface area contributed by atoms with E-state index in [-0.39, 0.29) is 0 Å². The molecule has 1 fully saturated rings. The lowest BCUT2D eigenvalue weighted by atomic mass is 10.3. The van der Waals surface area contributed by atoms with Gasteiger partial charge in [0, 0.05) is 29.9 Å². The van der Waals surface area contributed by atoms with Crippen LogP contribution in [0.3, 0.4) is 0 Å². The third-order valence-corrected chi connectivity index (χ3v) is 6.04. The van der Waals surface area contributed by atoms with Gasteiger partial charge in [-0.05, 0) is 6.26 Å². The van der Waals surface area contributed by atoms with E-state index in [1.807, 2.05) is 6.26 Å². The molecule has 1 aliphatic rings. The van der Waals surface area contributed by atoms with Crippen molar-refractivity contribution >= 4 is 22.6 Å². The normalized spacial score (nSPS) is 36.7. The van der Waals surface area contributed by atoms with Gasteiger partial charge < -0.3 is 10.2 Å². The van der Waals surface area contributed by atoms with Crippen molar-refractivity contribution in [3.63, 3.8) is 0 Å².